The van der Waals surface area contributed by atoms with Gasteiger partial charge in [0.05, 0.1) is 21.7 Å². The predicted octanol–water partition coefficient (Wildman–Crippen LogP) is 4.65. The van der Waals surface area contributed by atoms with Crippen LogP contribution in [0.15, 0.2) is 59.7 Å². The lowest BCUT2D eigenvalue weighted by atomic mass is 10.1. The number of hydrogen-bond donors (Lipinski definition) is 1. The topological polar surface area (TPSA) is 64.0 Å². The Bertz CT molecular complexity index is 1280. The molecule has 0 radical (unpaired) electrons. The van der Waals surface area contributed by atoms with E-state index in [0.717, 1.165) is 0 Å². The number of aromatic nitrogens is 2. The average Bonchev–Trinajstić information content (AvgIpc) is 2.65. The lowest BCUT2D eigenvalue weighted by molar-refractivity contribution is 0.102. The number of anilines is 1. The Morgan fingerprint density at radius 1 is 1.11 bits per heavy atom. The maximum atomic E-state index is 12.8. The van der Waals surface area contributed by atoms with E-state index in [0.29, 0.717) is 37.5 Å². The maximum Gasteiger partial charge on any atom is 0.261 e. The Kier molecular flexibility index (Phi) is 4.34. The summed E-state index contributed by atoms with van der Waals surface area (Å²) in [5, 5.41) is 4.86. The van der Waals surface area contributed by atoms with Crippen LogP contribution in [0.25, 0.3) is 21.8 Å². The van der Waals surface area contributed by atoms with Crippen molar-refractivity contribution in [3.8, 4) is 0 Å². The quantitative estimate of drug-likeness (QED) is 0.535. The Morgan fingerprint density at radius 2 is 1.93 bits per heavy atom. The van der Waals surface area contributed by atoms with E-state index in [1.165, 1.54) is 6.20 Å². The van der Waals surface area contributed by atoms with E-state index in [4.69, 9.17) is 23.2 Å². The normalized spacial score (nSPS) is 11.1. The van der Waals surface area contributed by atoms with Crippen molar-refractivity contribution in [3.63, 3.8) is 0 Å². The number of rotatable bonds is 2. The molecule has 5 nitrogen and oxygen atoms in total. The number of hydrogen-bond acceptors (Lipinski definition) is 3. The van der Waals surface area contributed by atoms with Crippen LogP contribution in [0, 0.1) is 0 Å². The second-order valence-corrected chi connectivity index (χ2v) is 6.94. The molecule has 0 aliphatic rings. The fourth-order valence-corrected chi connectivity index (χ4v) is 3.58. The van der Waals surface area contributed by atoms with Gasteiger partial charge in [-0.3, -0.25) is 14.6 Å². The number of fused-ring (bicyclic) bond motifs is 2. The number of nitrogens with one attached hydrogen (secondary N) is 1. The smallest absolute Gasteiger partial charge is 0.261 e. The highest BCUT2D eigenvalue weighted by Crippen LogP contribution is 2.26. The number of pyridine rings is 2. The zero-order chi connectivity index (χ0) is 19.1. The van der Waals surface area contributed by atoms with Gasteiger partial charge in [-0.15, -0.1) is 0 Å². The van der Waals surface area contributed by atoms with Gasteiger partial charge < -0.3 is 9.88 Å². The second kappa shape index (κ2) is 6.68. The number of aryl methyl sites for hydroxylation is 1. The molecule has 4 rings (SSSR count). The number of halogens is 2. The van der Waals surface area contributed by atoms with E-state index in [1.54, 1.807) is 60.3 Å². The van der Waals surface area contributed by atoms with Crippen molar-refractivity contribution in [2.45, 2.75) is 0 Å². The molecule has 0 bridgehead atoms. The molecule has 2 aromatic heterocycles. The molecule has 7 heteroatoms. The van der Waals surface area contributed by atoms with Crippen LogP contribution in [-0.4, -0.2) is 15.5 Å². The van der Waals surface area contributed by atoms with Gasteiger partial charge in [0.1, 0.15) is 5.56 Å². The van der Waals surface area contributed by atoms with Crippen molar-refractivity contribution in [3.05, 3.63) is 80.7 Å². The standard InChI is InChI=1S/C20H13Cl2N3O2/c1-25-10-14(19(26)12-3-2-4-15(22)18(12)25)20(27)24-17-7-8-23-16-6-5-11(21)9-13(16)17/h2-10H,1H3,(H,23,24,27). The van der Waals surface area contributed by atoms with Gasteiger partial charge >= 0.3 is 0 Å². The molecule has 2 aromatic carbocycles. The Hall–Kier alpha value is -2.89. The number of para-hydroxylation sites is 1. The second-order valence-electron chi connectivity index (χ2n) is 6.09. The molecule has 0 fully saturated rings. The Balaban J connectivity index is 1.82. The fraction of sp³-hybridized carbons (Fsp3) is 0.0500. The van der Waals surface area contributed by atoms with Crippen LogP contribution in [0.3, 0.4) is 0 Å². The van der Waals surface area contributed by atoms with Crippen LogP contribution in [0.2, 0.25) is 10.0 Å². The highest BCUT2D eigenvalue weighted by atomic mass is 35.5. The SMILES string of the molecule is Cn1cc(C(=O)Nc2ccnc3ccc(Cl)cc23)c(=O)c2cccc(Cl)c21. The van der Waals surface area contributed by atoms with E-state index < -0.39 is 5.91 Å². The van der Waals surface area contributed by atoms with Gasteiger partial charge in [0, 0.05) is 35.2 Å². The van der Waals surface area contributed by atoms with E-state index in [2.05, 4.69) is 10.3 Å². The summed E-state index contributed by atoms with van der Waals surface area (Å²) < 4.78 is 1.68. The van der Waals surface area contributed by atoms with Crippen molar-refractivity contribution >= 4 is 56.6 Å². The van der Waals surface area contributed by atoms with Crippen molar-refractivity contribution in [1.82, 2.24) is 9.55 Å². The molecule has 0 aliphatic heterocycles. The van der Waals surface area contributed by atoms with E-state index in [-0.39, 0.29) is 11.0 Å². The molecule has 0 saturated heterocycles. The summed E-state index contributed by atoms with van der Waals surface area (Å²) in [6, 6.07) is 11.9. The van der Waals surface area contributed by atoms with Crippen LogP contribution in [0.4, 0.5) is 5.69 Å². The zero-order valence-corrected chi connectivity index (χ0v) is 15.7. The van der Waals surface area contributed by atoms with Gasteiger partial charge in [-0.2, -0.15) is 0 Å². The van der Waals surface area contributed by atoms with Crippen LogP contribution < -0.4 is 10.7 Å². The first kappa shape index (κ1) is 17.5. The van der Waals surface area contributed by atoms with Gasteiger partial charge in [0.25, 0.3) is 5.91 Å². The molecule has 0 aliphatic carbocycles. The van der Waals surface area contributed by atoms with Crippen molar-refractivity contribution < 1.29 is 4.79 Å². The van der Waals surface area contributed by atoms with Crippen molar-refractivity contribution in [2.75, 3.05) is 5.32 Å². The lowest BCUT2D eigenvalue weighted by Gasteiger charge is -2.12. The van der Waals surface area contributed by atoms with Gasteiger partial charge in [-0.1, -0.05) is 29.3 Å². The minimum atomic E-state index is -0.509. The summed E-state index contributed by atoms with van der Waals surface area (Å²) in [7, 11) is 1.74. The molecule has 0 saturated carbocycles. The molecule has 1 amide bonds. The van der Waals surface area contributed by atoms with E-state index in [1.807, 2.05) is 0 Å². The van der Waals surface area contributed by atoms with Crippen LogP contribution in [-0.2, 0) is 7.05 Å². The molecule has 27 heavy (non-hydrogen) atoms. The van der Waals surface area contributed by atoms with E-state index >= 15 is 0 Å². The Morgan fingerprint density at radius 3 is 2.74 bits per heavy atom. The van der Waals surface area contributed by atoms with Crippen LogP contribution >= 0.6 is 23.2 Å². The summed E-state index contributed by atoms with van der Waals surface area (Å²) >= 11 is 12.3. The molecule has 2 heterocycles. The van der Waals surface area contributed by atoms with Crippen molar-refractivity contribution in [1.29, 1.82) is 0 Å². The summed E-state index contributed by atoms with van der Waals surface area (Å²) in [5.41, 5.74) is 1.46. The summed E-state index contributed by atoms with van der Waals surface area (Å²) in [6.45, 7) is 0. The molecule has 0 unspecified atom stereocenters. The van der Waals surface area contributed by atoms with E-state index in [9.17, 15) is 9.59 Å². The highest BCUT2D eigenvalue weighted by molar-refractivity contribution is 6.35. The molecular weight excluding hydrogens is 385 g/mol. The first-order valence-corrected chi connectivity index (χ1v) is 8.85. The molecule has 4 aromatic rings. The number of carbonyl (C=O) groups excluding carboxylic acids is 1. The third-order valence-corrected chi connectivity index (χ3v) is 4.89. The number of carbonyl (C=O) groups is 1. The maximum absolute atomic E-state index is 12.8. The lowest BCUT2D eigenvalue weighted by Crippen LogP contribution is -2.23. The van der Waals surface area contributed by atoms with Crippen molar-refractivity contribution in [2.24, 2.45) is 7.05 Å². The van der Waals surface area contributed by atoms with Gasteiger partial charge in [-0.25, -0.2) is 0 Å². The molecule has 134 valence electrons. The monoisotopic (exact) mass is 397 g/mol. The summed E-state index contributed by atoms with van der Waals surface area (Å²) in [5.74, 6) is -0.509. The molecule has 0 spiro atoms. The third-order valence-electron chi connectivity index (χ3n) is 4.35. The largest absolute Gasteiger partial charge is 0.348 e. The molecular formula is C20H13Cl2N3O2. The van der Waals surface area contributed by atoms with Gasteiger partial charge in [0.15, 0.2) is 0 Å². The number of benzene rings is 2. The first-order chi connectivity index (χ1) is 13.0. The van der Waals surface area contributed by atoms with Gasteiger partial charge in [0.2, 0.25) is 5.43 Å². The Labute approximate surface area is 164 Å². The predicted molar refractivity (Wildman–Crippen MR) is 109 cm³/mol. The number of amides is 1. The minimum absolute atomic E-state index is 0.0271. The zero-order valence-electron chi connectivity index (χ0n) is 14.2. The minimum Gasteiger partial charge on any atom is -0.348 e. The van der Waals surface area contributed by atoms with Crippen LogP contribution in [0.5, 0.6) is 0 Å². The van der Waals surface area contributed by atoms with Gasteiger partial charge in [-0.05, 0) is 36.4 Å². The third kappa shape index (κ3) is 3.05. The van der Waals surface area contributed by atoms with Crippen LogP contribution in [0.1, 0.15) is 10.4 Å². The highest BCUT2D eigenvalue weighted by Gasteiger charge is 2.17. The summed E-state index contributed by atoms with van der Waals surface area (Å²) in [4.78, 5) is 29.9. The molecule has 1 N–H and O–H groups in total. The first-order valence-electron chi connectivity index (χ1n) is 8.09. The number of nitrogens with zero attached hydrogens (tertiary/aromatic N) is 2. The molecule has 0 atom stereocenters. The average molecular weight is 398 g/mol. The summed E-state index contributed by atoms with van der Waals surface area (Å²) in [6.07, 6.45) is 3.08. The fourth-order valence-electron chi connectivity index (χ4n) is 3.10.